The van der Waals surface area contributed by atoms with Gasteiger partial charge in [0.05, 0.1) is 15.9 Å². The van der Waals surface area contributed by atoms with Gasteiger partial charge in [-0.1, -0.05) is 18.2 Å². The van der Waals surface area contributed by atoms with Crippen molar-refractivity contribution >= 4 is 52.1 Å². The first kappa shape index (κ1) is 19.9. The van der Waals surface area contributed by atoms with Crippen LogP contribution in [0.25, 0.3) is 6.08 Å². The SMILES string of the molecule is CCOc1cc(/C=C2/C(=O)NN(c3ccccc3)C2=O)cc(I)c1OC(C)=O. The lowest BCUT2D eigenvalue weighted by atomic mass is 10.1. The van der Waals surface area contributed by atoms with E-state index in [9.17, 15) is 14.4 Å². The standard InChI is InChI=1S/C20H17IN2O5/c1-3-27-17-11-13(10-16(21)18(17)28-12(2)24)9-15-19(25)22-23(20(15)26)14-7-5-4-6-8-14/h4-11H,3H2,1-2H3,(H,22,25)/b15-9-. The minimum absolute atomic E-state index is 0.00216. The topological polar surface area (TPSA) is 84.9 Å². The highest BCUT2D eigenvalue weighted by Gasteiger charge is 2.34. The van der Waals surface area contributed by atoms with Crippen molar-refractivity contribution in [1.82, 2.24) is 5.43 Å². The Kier molecular flexibility index (Phi) is 5.98. The van der Waals surface area contributed by atoms with E-state index < -0.39 is 17.8 Å². The Balaban J connectivity index is 1.97. The summed E-state index contributed by atoms with van der Waals surface area (Å²) in [4.78, 5) is 36.4. The molecule has 1 aliphatic heterocycles. The van der Waals surface area contributed by atoms with Gasteiger partial charge < -0.3 is 9.47 Å². The molecule has 0 bridgehead atoms. The van der Waals surface area contributed by atoms with Gasteiger partial charge in [0.15, 0.2) is 11.5 Å². The summed E-state index contributed by atoms with van der Waals surface area (Å²) in [6, 6.07) is 12.2. The van der Waals surface area contributed by atoms with Crippen molar-refractivity contribution in [3.05, 3.63) is 57.2 Å². The molecule has 0 radical (unpaired) electrons. The van der Waals surface area contributed by atoms with Crippen molar-refractivity contribution in [2.24, 2.45) is 0 Å². The Bertz CT molecular complexity index is 972. The summed E-state index contributed by atoms with van der Waals surface area (Å²) in [5.41, 5.74) is 3.71. The van der Waals surface area contributed by atoms with E-state index in [4.69, 9.17) is 9.47 Å². The van der Waals surface area contributed by atoms with Crippen LogP contribution in [0.3, 0.4) is 0 Å². The Morgan fingerprint density at radius 2 is 1.93 bits per heavy atom. The lowest BCUT2D eigenvalue weighted by Gasteiger charge is -2.14. The van der Waals surface area contributed by atoms with Crippen molar-refractivity contribution in [3.63, 3.8) is 0 Å². The fourth-order valence-corrected chi connectivity index (χ4v) is 3.40. The molecule has 3 rings (SSSR count). The predicted molar refractivity (Wildman–Crippen MR) is 112 cm³/mol. The number of hydrogen-bond donors (Lipinski definition) is 1. The van der Waals surface area contributed by atoms with E-state index in [0.717, 1.165) is 0 Å². The lowest BCUT2D eigenvalue weighted by Crippen LogP contribution is -2.35. The molecule has 0 spiro atoms. The third-order valence-electron chi connectivity index (χ3n) is 3.79. The third kappa shape index (κ3) is 4.16. The second-order valence-electron chi connectivity index (χ2n) is 5.83. The van der Waals surface area contributed by atoms with Gasteiger partial charge in [0.25, 0.3) is 11.8 Å². The fourth-order valence-electron chi connectivity index (χ4n) is 2.66. The molecule has 0 atom stereocenters. The number of nitrogens with one attached hydrogen (secondary N) is 1. The first-order valence-corrected chi connectivity index (χ1v) is 9.55. The number of hydrazine groups is 1. The Labute approximate surface area is 175 Å². The Hall–Kier alpha value is -2.88. The number of esters is 1. The first-order valence-electron chi connectivity index (χ1n) is 8.47. The summed E-state index contributed by atoms with van der Waals surface area (Å²) < 4.78 is 11.4. The quantitative estimate of drug-likeness (QED) is 0.228. The summed E-state index contributed by atoms with van der Waals surface area (Å²) in [6.07, 6.45) is 1.49. The van der Waals surface area contributed by atoms with Crippen molar-refractivity contribution in [3.8, 4) is 11.5 Å². The maximum Gasteiger partial charge on any atom is 0.308 e. The third-order valence-corrected chi connectivity index (χ3v) is 4.60. The van der Waals surface area contributed by atoms with Crippen molar-refractivity contribution < 1.29 is 23.9 Å². The Morgan fingerprint density at radius 3 is 2.57 bits per heavy atom. The van der Waals surface area contributed by atoms with Gasteiger partial charge in [0.1, 0.15) is 5.57 Å². The summed E-state index contributed by atoms with van der Waals surface area (Å²) in [5.74, 6) is -0.736. The molecule has 1 heterocycles. The van der Waals surface area contributed by atoms with Crippen LogP contribution >= 0.6 is 22.6 Å². The van der Waals surface area contributed by atoms with Gasteiger partial charge >= 0.3 is 5.97 Å². The van der Waals surface area contributed by atoms with Crippen LogP contribution in [-0.2, 0) is 14.4 Å². The fraction of sp³-hybridized carbons (Fsp3) is 0.150. The van der Waals surface area contributed by atoms with Crippen molar-refractivity contribution in [1.29, 1.82) is 0 Å². The van der Waals surface area contributed by atoms with E-state index in [2.05, 4.69) is 5.43 Å². The minimum Gasteiger partial charge on any atom is -0.490 e. The van der Waals surface area contributed by atoms with Gasteiger partial charge in [-0.15, -0.1) is 0 Å². The molecule has 2 aromatic carbocycles. The molecule has 0 aromatic heterocycles. The number of ether oxygens (including phenoxy) is 2. The molecule has 0 unspecified atom stereocenters. The van der Waals surface area contributed by atoms with Crippen LogP contribution in [0.15, 0.2) is 48.0 Å². The number of benzene rings is 2. The molecule has 1 N–H and O–H groups in total. The monoisotopic (exact) mass is 492 g/mol. The highest BCUT2D eigenvalue weighted by Crippen LogP contribution is 2.35. The molecule has 2 aromatic rings. The molecular weight excluding hydrogens is 475 g/mol. The van der Waals surface area contributed by atoms with E-state index in [1.165, 1.54) is 18.0 Å². The largest absolute Gasteiger partial charge is 0.490 e. The average molecular weight is 492 g/mol. The van der Waals surface area contributed by atoms with Crippen LogP contribution < -0.4 is 19.9 Å². The van der Waals surface area contributed by atoms with Gasteiger partial charge in [0.2, 0.25) is 0 Å². The number of hydrogen-bond acceptors (Lipinski definition) is 5. The highest BCUT2D eigenvalue weighted by atomic mass is 127. The normalized spacial score (nSPS) is 15.0. The molecule has 1 saturated heterocycles. The number of anilines is 1. The van der Waals surface area contributed by atoms with Crippen LogP contribution in [0.5, 0.6) is 11.5 Å². The minimum atomic E-state index is -0.495. The first-order chi connectivity index (χ1) is 13.4. The van der Waals surface area contributed by atoms with Gasteiger partial charge in [0, 0.05) is 6.92 Å². The van der Waals surface area contributed by atoms with Crippen LogP contribution in [0, 0.1) is 3.57 Å². The summed E-state index contributed by atoms with van der Waals surface area (Å²) >= 11 is 2.01. The molecular formula is C20H17IN2O5. The summed E-state index contributed by atoms with van der Waals surface area (Å²) in [6.45, 7) is 3.48. The maximum atomic E-state index is 12.7. The van der Waals surface area contributed by atoms with E-state index >= 15 is 0 Å². The van der Waals surface area contributed by atoms with E-state index in [-0.39, 0.29) is 5.57 Å². The average Bonchev–Trinajstić information content (AvgIpc) is 2.93. The lowest BCUT2D eigenvalue weighted by molar-refractivity contribution is -0.132. The van der Waals surface area contributed by atoms with E-state index in [0.29, 0.717) is 32.9 Å². The molecule has 2 amide bonds. The summed E-state index contributed by atoms with van der Waals surface area (Å²) in [7, 11) is 0. The van der Waals surface area contributed by atoms with Gasteiger partial charge in [-0.05, 0) is 65.4 Å². The molecule has 0 saturated carbocycles. The van der Waals surface area contributed by atoms with Crippen molar-refractivity contribution in [2.75, 3.05) is 11.6 Å². The zero-order valence-corrected chi connectivity index (χ0v) is 17.3. The van der Waals surface area contributed by atoms with E-state index in [1.807, 2.05) is 28.7 Å². The molecule has 144 valence electrons. The number of amides is 2. The second-order valence-corrected chi connectivity index (χ2v) is 6.99. The molecule has 1 aliphatic rings. The van der Waals surface area contributed by atoms with Crippen LogP contribution in [-0.4, -0.2) is 24.4 Å². The number of para-hydroxylation sites is 1. The molecule has 7 nitrogen and oxygen atoms in total. The van der Waals surface area contributed by atoms with Gasteiger partial charge in [-0.3, -0.25) is 19.8 Å². The number of rotatable bonds is 5. The van der Waals surface area contributed by atoms with Crippen LogP contribution in [0.2, 0.25) is 0 Å². The number of carbonyl (C=O) groups is 3. The molecule has 8 heteroatoms. The number of halogens is 1. The van der Waals surface area contributed by atoms with Gasteiger partial charge in [-0.2, -0.15) is 0 Å². The highest BCUT2D eigenvalue weighted by molar-refractivity contribution is 14.1. The van der Waals surface area contributed by atoms with Crippen molar-refractivity contribution in [2.45, 2.75) is 13.8 Å². The van der Waals surface area contributed by atoms with Gasteiger partial charge in [-0.25, -0.2) is 5.01 Å². The van der Waals surface area contributed by atoms with E-state index in [1.54, 1.807) is 43.3 Å². The van der Waals surface area contributed by atoms with Crippen LogP contribution in [0.4, 0.5) is 5.69 Å². The molecule has 1 fully saturated rings. The molecule has 0 aliphatic carbocycles. The zero-order valence-electron chi connectivity index (χ0n) is 15.2. The maximum absolute atomic E-state index is 12.7. The number of nitrogens with zero attached hydrogens (tertiary/aromatic N) is 1. The summed E-state index contributed by atoms with van der Waals surface area (Å²) in [5, 5.41) is 1.20. The number of carbonyl (C=O) groups excluding carboxylic acids is 3. The zero-order chi connectivity index (χ0) is 20.3. The predicted octanol–water partition coefficient (Wildman–Crippen LogP) is 3.08. The smallest absolute Gasteiger partial charge is 0.308 e. The van der Waals surface area contributed by atoms with Crippen LogP contribution in [0.1, 0.15) is 19.4 Å². The second kappa shape index (κ2) is 8.42. The Morgan fingerprint density at radius 1 is 1.21 bits per heavy atom. The molecule has 28 heavy (non-hydrogen) atoms.